The lowest BCUT2D eigenvalue weighted by Crippen LogP contribution is -2.15. The van der Waals surface area contributed by atoms with Gasteiger partial charge in [-0.15, -0.1) is 0 Å². The highest BCUT2D eigenvalue weighted by molar-refractivity contribution is 5.16. The molecule has 1 unspecified atom stereocenters. The highest BCUT2D eigenvalue weighted by Crippen LogP contribution is 2.21. The van der Waals surface area contributed by atoms with E-state index in [1.165, 1.54) is 6.07 Å². The van der Waals surface area contributed by atoms with Crippen LogP contribution < -0.4 is 5.73 Å². The van der Waals surface area contributed by atoms with E-state index < -0.39 is 0 Å². The Bertz CT molecular complexity index is 510. The Morgan fingerprint density at radius 3 is 2.67 bits per heavy atom. The van der Waals surface area contributed by atoms with Gasteiger partial charge < -0.3 is 14.9 Å². The molecule has 0 radical (unpaired) electrons. The molecule has 0 fully saturated rings. The summed E-state index contributed by atoms with van der Waals surface area (Å²) in [6.45, 7) is 2.32. The molecule has 1 atom stereocenters. The third kappa shape index (κ3) is 2.97. The molecule has 0 aliphatic carbocycles. The molecule has 3 nitrogen and oxygen atoms in total. The van der Waals surface area contributed by atoms with E-state index in [0.717, 1.165) is 5.76 Å². The summed E-state index contributed by atoms with van der Waals surface area (Å²) < 4.78 is 24.5. The highest BCUT2D eigenvalue weighted by Gasteiger charge is 2.14. The molecule has 4 heteroatoms. The number of rotatable bonds is 5. The molecule has 0 spiro atoms. The smallest absolute Gasteiger partial charge is 0.134 e. The van der Waals surface area contributed by atoms with Gasteiger partial charge in [0.2, 0.25) is 0 Å². The largest absolute Gasteiger partial charge is 0.464 e. The maximum absolute atomic E-state index is 13.4. The maximum atomic E-state index is 13.4. The quantitative estimate of drug-likeness (QED) is 0.886. The van der Waals surface area contributed by atoms with Gasteiger partial charge in [0.1, 0.15) is 23.4 Å². The number of nitrogens with two attached hydrogens (primary N) is 1. The summed E-state index contributed by atoms with van der Waals surface area (Å²) in [7, 11) is 0. The van der Waals surface area contributed by atoms with E-state index in [1.807, 2.05) is 19.1 Å². The van der Waals surface area contributed by atoms with Gasteiger partial charge in [0.15, 0.2) is 0 Å². The average molecular weight is 249 g/mol. The van der Waals surface area contributed by atoms with E-state index in [0.29, 0.717) is 17.9 Å². The standard InChI is InChI=1S/C14H16FNO2/c1-10-6-7-13(18-10)14(8-16)17-9-11-4-2-3-5-12(11)15/h2-7,14H,8-9,16H2,1H3. The van der Waals surface area contributed by atoms with Crippen molar-refractivity contribution < 1.29 is 13.5 Å². The molecule has 0 saturated heterocycles. The van der Waals surface area contributed by atoms with Crippen molar-refractivity contribution in [2.75, 3.05) is 6.54 Å². The van der Waals surface area contributed by atoms with Crippen LogP contribution in [0.4, 0.5) is 4.39 Å². The zero-order valence-electron chi connectivity index (χ0n) is 10.2. The van der Waals surface area contributed by atoms with Crippen molar-refractivity contribution in [3.63, 3.8) is 0 Å². The van der Waals surface area contributed by atoms with E-state index in [-0.39, 0.29) is 18.5 Å². The van der Waals surface area contributed by atoms with Crippen LogP contribution in [-0.2, 0) is 11.3 Å². The summed E-state index contributed by atoms with van der Waals surface area (Å²) in [6.07, 6.45) is -0.349. The fourth-order valence-corrected chi connectivity index (χ4v) is 1.70. The van der Waals surface area contributed by atoms with Gasteiger partial charge in [-0.2, -0.15) is 0 Å². The summed E-state index contributed by atoms with van der Waals surface area (Å²) in [5, 5.41) is 0. The minimum atomic E-state index is -0.349. The molecule has 0 aliphatic rings. The molecule has 2 N–H and O–H groups in total. The van der Waals surface area contributed by atoms with Crippen molar-refractivity contribution >= 4 is 0 Å². The lowest BCUT2D eigenvalue weighted by atomic mass is 10.2. The van der Waals surface area contributed by atoms with Crippen molar-refractivity contribution in [3.8, 4) is 0 Å². The summed E-state index contributed by atoms with van der Waals surface area (Å²) >= 11 is 0. The molecule has 1 aromatic heterocycles. The van der Waals surface area contributed by atoms with E-state index in [4.69, 9.17) is 14.9 Å². The average Bonchev–Trinajstić information content (AvgIpc) is 2.79. The second kappa shape index (κ2) is 5.80. The first-order valence-corrected chi connectivity index (χ1v) is 5.82. The third-order valence-electron chi connectivity index (χ3n) is 2.69. The monoisotopic (exact) mass is 249 g/mol. The molecule has 1 heterocycles. The van der Waals surface area contributed by atoms with Crippen LogP contribution in [0.1, 0.15) is 23.2 Å². The molecule has 96 valence electrons. The van der Waals surface area contributed by atoms with E-state index in [2.05, 4.69) is 0 Å². The summed E-state index contributed by atoms with van der Waals surface area (Å²) in [4.78, 5) is 0. The summed E-state index contributed by atoms with van der Waals surface area (Å²) in [5.41, 5.74) is 6.15. The van der Waals surface area contributed by atoms with Gasteiger partial charge >= 0.3 is 0 Å². The van der Waals surface area contributed by atoms with Gasteiger partial charge in [-0.05, 0) is 25.1 Å². The van der Waals surface area contributed by atoms with Crippen LogP contribution in [-0.4, -0.2) is 6.54 Å². The molecular formula is C14H16FNO2. The molecular weight excluding hydrogens is 233 g/mol. The van der Waals surface area contributed by atoms with Gasteiger partial charge in [0.05, 0.1) is 6.61 Å². The lowest BCUT2D eigenvalue weighted by molar-refractivity contribution is 0.0295. The van der Waals surface area contributed by atoms with E-state index in [1.54, 1.807) is 18.2 Å². The van der Waals surface area contributed by atoms with Crippen molar-refractivity contribution in [2.45, 2.75) is 19.6 Å². The van der Waals surface area contributed by atoms with Crippen molar-refractivity contribution in [1.82, 2.24) is 0 Å². The summed E-state index contributed by atoms with van der Waals surface area (Å²) in [6, 6.07) is 10.2. The van der Waals surface area contributed by atoms with Crippen LogP contribution in [0, 0.1) is 12.7 Å². The molecule has 2 aromatic rings. The topological polar surface area (TPSA) is 48.4 Å². The number of hydrogen-bond donors (Lipinski definition) is 1. The first-order chi connectivity index (χ1) is 8.70. The molecule has 0 saturated carbocycles. The maximum Gasteiger partial charge on any atom is 0.134 e. The second-order valence-electron chi connectivity index (χ2n) is 4.08. The fourth-order valence-electron chi connectivity index (χ4n) is 1.70. The zero-order chi connectivity index (χ0) is 13.0. The first kappa shape index (κ1) is 12.8. The SMILES string of the molecule is Cc1ccc(C(CN)OCc2ccccc2F)o1. The van der Waals surface area contributed by atoms with Crippen molar-refractivity contribution in [1.29, 1.82) is 0 Å². The molecule has 0 bridgehead atoms. The third-order valence-corrected chi connectivity index (χ3v) is 2.69. The van der Waals surface area contributed by atoms with Crippen LogP contribution in [0.5, 0.6) is 0 Å². The molecule has 1 aromatic carbocycles. The van der Waals surface area contributed by atoms with Crippen LogP contribution in [0.2, 0.25) is 0 Å². The normalized spacial score (nSPS) is 12.6. The Morgan fingerprint density at radius 2 is 2.06 bits per heavy atom. The lowest BCUT2D eigenvalue weighted by Gasteiger charge is -2.14. The fraction of sp³-hybridized carbons (Fsp3) is 0.286. The second-order valence-corrected chi connectivity index (χ2v) is 4.08. The minimum absolute atomic E-state index is 0.175. The van der Waals surface area contributed by atoms with E-state index in [9.17, 15) is 4.39 Å². The first-order valence-electron chi connectivity index (χ1n) is 5.82. The number of ether oxygens (including phenoxy) is 1. The number of hydrogen-bond acceptors (Lipinski definition) is 3. The van der Waals surface area contributed by atoms with Crippen LogP contribution in [0.3, 0.4) is 0 Å². The van der Waals surface area contributed by atoms with E-state index >= 15 is 0 Å². The van der Waals surface area contributed by atoms with Gasteiger partial charge in [-0.3, -0.25) is 0 Å². The summed E-state index contributed by atoms with van der Waals surface area (Å²) in [5.74, 6) is 1.20. The number of furan rings is 1. The Labute approximate surface area is 105 Å². The Kier molecular flexibility index (Phi) is 4.12. The van der Waals surface area contributed by atoms with Crippen LogP contribution in [0.25, 0.3) is 0 Å². The van der Waals surface area contributed by atoms with Crippen molar-refractivity contribution in [3.05, 3.63) is 59.3 Å². The molecule has 0 aliphatic heterocycles. The van der Waals surface area contributed by atoms with Crippen LogP contribution in [0.15, 0.2) is 40.8 Å². The number of halogens is 1. The Morgan fingerprint density at radius 1 is 1.28 bits per heavy atom. The number of benzene rings is 1. The number of aryl methyl sites for hydroxylation is 1. The Hall–Kier alpha value is -1.65. The predicted molar refractivity (Wildman–Crippen MR) is 66.4 cm³/mol. The van der Waals surface area contributed by atoms with Gasteiger partial charge in [0, 0.05) is 12.1 Å². The van der Waals surface area contributed by atoms with Crippen LogP contribution >= 0.6 is 0 Å². The predicted octanol–water partition coefficient (Wildman–Crippen LogP) is 2.94. The van der Waals surface area contributed by atoms with Gasteiger partial charge in [-0.1, -0.05) is 18.2 Å². The molecule has 0 amide bonds. The molecule has 2 rings (SSSR count). The Balaban J connectivity index is 2.02. The highest BCUT2D eigenvalue weighted by atomic mass is 19.1. The minimum Gasteiger partial charge on any atom is -0.464 e. The van der Waals surface area contributed by atoms with Gasteiger partial charge in [0.25, 0.3) is 0 Å². The van der Waals surface area contributed by atoms with Gasteiger partial charge in [-0.25, -0.2) is 4.39 Å². The molecule has 18 heavy (non-hydrogen) atoms. The zero-order valence-corrected chi connectivity index (χ0v) is 10.2. The van der Waals surface area contributed by atoms with Crippen molar-refractivity contribution in [2.24, 2.45) is 5.73 Å².